The third-order valence-corrected chi connectivity index (χ3v) is 5.73. The van der Waals surface area contributed by atoms with Crippen molar-refractivity contribution >= 4 is 22.9 Å². The summed E-state index contributed by atoms with van der Waals surface area (Å²) in [7, 11) is 0. The monoisotopic (exact) mass is 401 g/mol. The van der Waals surface area contributed by atoms with Gasteiger partial charge in [0.15, 0.2) is 6.61 Å². The van der Waals surface area contributed by atoms with Crippen molar-refractivity contribution in [3.05, 3.63) is 34.7 Å². The lowest BCUT2D eigenvalue weighted by molar-refractivity contribution is -0.149. The number of benzene rings is 1. The second-order valence-electron chi connectivity index (χ2n) is 7.92. The first-order chi connectivity index (χ1) is 14.0. The number of aryl methyl sites for hydroxylation is 2. The van der Waals surface area contributed by atoms with Crippen LogP contribution in [0.4, 0.5) is 0 Å². The first-order valence-corrected chi connectivity index (χ1v) is 10.6. The molecule has 0 saturated heterocycles. The van der Waals surface area contributed by atoms with Gasteiger partial charge in [0.1, 0.15) is 0 Å². The maximum absolute atomic E-state index is 12.7. The van der Waals surface area contributed by atoms with E-state index in [9.17, 15) is 14.4 Å². The van der Waals surface area contributed by atoms with Gasteiger partial charge < -0.3 is 10.1 Å². The molecule has 0 radical (unpaired) electrons. The van der Waals surface area contributed by atoms with Crippen molar-refractivity contribution in [2.75, 3.05) is 6.61 Å². The second-order valence-corrected chi connectivity index (χ2v) is 7.92. The maximum atomic E-state index is 12.7. The van der Waals surface area contributed by atoms with Crippen molar-refractivity contribution in [1.29, 1.82) is 0 Å². The Bertz CT molecular complexity index is 914. The van der Waals surface area contributed by atoms with Crippen LogP contribution in [0.15, 0.2) is 29.1 Å². The van der Waals surface area contributed by atoms with E-state index < -0.39 is 5.97 Å². The third kappa shape index (κ3) is 5.08. The van der Waals surface area contributed by atoms with Crippen molar-refractivity contribution in [2.24, 2.45) is 5.92 Å². The highest BCUT2D eigenvalue weighted by atomic mass is 16.5. The predicted molar refractivity (Wildman–Crippen MR) is 112 cm³/mol. The van der Waals surface area contributed by atoms with Crippen molar-refractivity contribution < 1.29 is 14.3 Å². The summed E-state index contributed by atoms with van der Waals surface area (Å²) in [6.07, 6.45) is 5.32. The molecule has 0 aliphatic heterocycles. The lowest BCUT2D eigenvalue weighted by atomic mass is 9.86. The number of esters is 1. The molecule has 1 amide bonds. The number of amides is 1. The second kappa shape index (κ2) is 9.76. The van der Waals surface area contributed by atoms with Crippen LogP contribution in [-0.2, 0) is 27.4 Å². The van der Waals surface area contributed by atoms with Gasteiger partial charge in [-0.2, -0.15) is 0 Å². The van der Waals surface area contributed by atoms with Gasteiger partial charge in [0.2, 0.25) is 0 Å². The molecule has 0 unspecified atom stereocenters. The van der Waals surface area contributed by atoms with Crippen LogP contribution in [0.2, 0.25) is 0 Å². The molecule has 0 bridgehead atoms. The van der Waals surface area contributed by atoms with Crippen LogP contribution in [0.5, 0.6) is 0 Å². The molecule has 0 spiro atoms. The Morgan fingerprint density at radius 2 is 1.76 bits per heavy atom. The Morgan fingerprint density at radius 1 is 1.10 bits per heavy atom. The third-order valence-electron chi connectivity index (χ3n) is 5.73. The van der Waals surface area contributed by atoms with Gasteiger partial charge in [0, 0.05) is 19.1 Å². The van der Waals surface area contributed by atoms with Crippen molar-refractivity contribution in [3.63, 3.8) is 0 Å². The molecule has 3 rings (SSSR count). The SMILES string of the molecule is CCCn1c(=O)n(CCC(=O)OCC(=O)N[C@@H]2CCCC[C@H]2C)c2ccccc21. The number of nitrogens with one attached hydrogen (secondary N) is 1. The maximum Gasteiger partial charge on any atom is 0.329 e. The molecule has 2 atom stereocenters. The van der Waals surface area contributed by atoms with E-state index in [1.54, 1.807) is 9.13 Å². The minimum Gasteiger partial charge on any atom is -0.456 e. The summed E-state index contributed by atoms with van der Waals surface area (Å²) in [5, 5.41) is 2.97. The van der Waals surface area contributed by atoms with Crippen LogP contribution in [0.3, 0.4) is 0 Å². The molecule has 7 nitrogen and oxygen atoms in total. The van der Waals surface area contributed by atoms with Gasteiger partial charge in [-0.15, -0.1) is 0 Å². The quantitative estimate of drug-likeness (QED) is 0.690. The van der Waals surface area contributed by atoms with E-state index in [4.69, 9.17) is 4.74 Å². The van der Waals surface area contributed by atoms with E-state index >= 15 is 0 Å². The standard InChI is InChI=1S/C22H31N3O4/c1-3-13-24-18-10-6-7-11-19(18)25(22(24)28)14-12-21(27)29-15-20(26)23-17-9-5-4-8-16(17)2/h6-7,10-11,16-17H,3-5,8-9,12-15H2,1-2H3,(H,23,26)/t16-,17-/m1/s1. The summed E-state index contributed by atoms with van der Waals surface area (Å²) >= 11 is 0. The van der Waals surface area contributed by atoms with Crippen LogP contribution < -0.4 is 11.0 Å². The van der Waals surface area contributed by atoms with Gasteiger partial charge in [-0.1, -0.05) is 38.8 Å². The Balaban J connectivity index is 1.54. The number of imidazole rings is 1. The molecule has 1 fully saturated rings. The summed E-state index contributed by atoms with van der Waals surface area (Å²) in [5.41, 5.74) is 1.56. The summed E-state index contributed by atoms with van der Waals surface area (Å²) < 4.78 is 8.48. The zero-order valence-electron chi connectivity index (χ0n) is 17.4. The molecule has 1 saturated carbocycles. The van der Waals surface area contributed by atoms with Crippen LogP contribution in [0.1, 0.15) is 52.4 Å². The van der Waals surface area contributed by atoms with Crippen LogP contribution >= 0.6 is 0 Å². The highest BCUT2D eigenvalue weighted by molar-refractivity contribution is 5.81. The Kier molecular flexibility index (Phi) is 7.12. The van der Waals surface area contributed by atoms with E-state index in [1.807, 2.05) is 31.2 Å². The number of aromatic nitrogens is 2. The zero-order valence-corrected chi connectivity index (χ0v) is 17.4. The number of hydrogen-bond donors (Lipinski definition) is 1. The normalized spacial score (nSPS) is 19.2. The molecule has 1 aromatic heterocycles. The highest BCUT2D eigenvalue weighted by Crippen LogP contribution is 2.23. The smallest absolute Gasteiger partial charge is 0.329 e. The van der Waals surface area contributed by atoms with Gasteiger partial charge in [0.05, 0.1) is 17.5 Å². The zero-order chi connectivity index (χ0) is 20.8. The van der Waals surface area contributed by atoms with E-state index in [0.29, 0.717) is 12.5 Å². The van der Waals surface area contributed by atoms with Gasteiger partial charge in [-0.25, -0.2) is 4.79 Å². The predicted octanol–water partition coefficient (Wildman–Crippen LogP) is 2.84. The summed E-state index contributed by atoms with van der Waals surface area (Å²) in [6.45, 7) is 4.76. The van der Waals surface area contributed by atoms with Gasteiger partial charge in [-0.3, -0.25) is 18.7 Å². The lowest BCUT2D eigenvalue weighted by Gasteiger charge is -2.29. The van der Waals surface area contributed by atoms with Gasteiger partial charge >= 0.3 is 11.7 Å². The van der Waals surface area contributed by atoms with Crippen LogP contribution in [0.25, 0.3) is 11.0 Å². The largest absolute Gasteiger partial charge is 0.456 e. The van der Waals surface area contributed by atoms with E-state index in [-0.39, 0.29) is 37.2 Å². The molecular weight excluding hydrogens is 370 g/mol. The minimum absolute atomic E-state index is 0.0488. The number of rotatable bonds is 8. The fourth-order valence-electron chi connectivity index (χ4n) is 4.13. The average Bonchev–Trinajstić information content (AvgIpc) is 2.98. The number of hydrogen-bond acceptors (Lipinski definition) is 4. The molecule has 158 valence electrons. The molecule has 1 aliphatic rings. The number of carbonyl (C=O) groups is 2. The van der Waals surface area contributed by atoms with Crippen LogP contribution in [0, 0.1) is 5.92 Å². The summed E-state index contributed by atoms with van der Waals surface area (Å²) in [4.78, 5) is 36.9. The Morgan fingerprint density at radius 3 is 2.41 bits per heavy atom. The molecule has 1 N–H and O–H groups in total. The van der Waals surface area contributed by atoms with Crippen LogP contribution in [-0.4, -0.2) is 33.7 Å². The summed E-state index contributed by atoms with van der Waals surface area (Å²) in [5.74, 6) is -0.277. The highest BCUT2D eigenvalue weighted by Gasteiger charge is 2.23. The molecular formula is C22H31N3O4. The number of nitrogens with zero attached hydrogens (tertiary/aromatic N) is 2. The van der Waals surface area contributed by atoms with Gasteiger partial charge in [-0.05, 0) is 37.3 Å². The molecule has 1 aromatic carbocycles. The van der Waals surface area contributed by atoms with Gasteiger partial charge in [0.25, 0.3) is 5.91 Å². The molecule has 29 heavy (non-hydrogen) atoms. The molecule has 1 heterocycles. The van der Waals surface area contributed by atoms with E-state index in [0.717, 1.165) is 36.7 Å². The average molecular weight is 402 g/mol. The Hall–Kier alpha value is -2.57. The number of fused-ring (bicyclic) bond motifs is 1. The first kappa shape index (κ1) is 21.1. The van der Waals surface area contributed by atoms with E-state index in [2.05, 4.69) is 12.2 Å². The number of ether oxygens (including phenoxy) is 1. The fraction of sp³-hybridized carbons (Fsp3) is 0.591. The number of carbonyl (C=O) groups excluding carboxylic acids is 2. The molecule has 2 aromatic rings. The minimum atomic E-state index is -0.476. The van der Waals surface area contributed by atoms with Crippen molar-refractivity contribution in [3.8, 4) is 0 Å². The van der Waals surface area contributed by atoms with Crippen molar-refractivity contribution in [1.82, 2.24) is 14.5 Å². The molecule has 7 heteroatoms. The Labute approximate surface area is 171 Å². The molecule has 1 aliphatic carbocycles. The number of para-hydroxylation sites is 2. The summed E-state index contributed by atoms with van der Waals surface area (Å²) in [6, 6.07) is 7.74. The topological polar surface area (TPSA) is 82.3 Å². The van der Waals surface area contributed by atoms with Crippen molar-refractivity contribution in [2.45, 2.75) is 71.5 Å². The lowest BCUT2D eigenvalue weighted by Crippen LogP contribution is -2.42. The fourth-order valence-corrected chi connectivity index (χ4v) is 4.13. The first-order valence-electron chi connectivity index (χ1n) is 10.6. The van der Waals surface area contributed by atoms with E-state index in [1.165, 1.54) is 6.42 Å².